The standard InChI is InChI=1S/C25H19ClF3N3OS/c1-15-12-21(16(2)32(15)20-5-3-4-18(13-20)25(27,28)29)22-14-34-24(30-22)31-23(33)11-8-17-6-9-19(26)10-7-17/h3-14H,1-2H3,(H,30,31,33)/b11-8+. The van der Waals surface area contributed by atoms with Crippen LogP contribution in [0.25, 0.3) is 23.0 Å². The molecule has 0 spiro atoms. The van der Waals surface area contributed by atoms with Crippen molar-refractivity contribution in [3.8, 4) is 16.9 Å². The molecule has 4 aromatic rings. The Kier molecular flexibility index (Phi) is 6.63. The van der Waals surface area contributed by atoms with Crippen LogP contribution in [-0.4, -0.2) is 15.5 Å². The second-order valence-electron chi connectivity index (χ2n) is 7.58. The largest absolute Gasteiger partial charge is 0.416 e. The molecule has 0 fully saturated rings. The van der Waals surface area contributed by atoms with Crippen LogP contribution in [-0.2, 0) is 11.0 Å². The maximum absolute atomic E-state index is 13.2. The molecule has 0 aliphatic carbocycles. The quantitative estimate of drug-likeness (QED) is 0.287. The van der Waals surface area contributed by atoms with Gasteiger partial charge >= 0.3 is 6.18 Å². The van der Waals surface area contributed by atoms with Crippen molar-refractivity contribution in [1.82, 2.24) is 9.55 Å². The number of aromatic nitrogens is 2. The zero-order valence-corrected chi connectivity index (χ0v) is 19.7. The topological polar surface area (TPSA) is 46.9 Å². The number of halogens is 4. The molecule has 4 rings (SSSR count). The lowest BCUT2D eigenvalue weighted by Crippen LogP contribution is -2.07. The Morgan fingerprint density at radius 2 is 1.85 bits per heavy atom. The van der Waals surface area contributed by atoms with Crippen molar-refractivity contribution in [1.29, 1.82) is 0 Å². The van der Waals surface area contributed by atoms with Gasteiger partial charge in [-0.25, -0.2) is 4.98 Å². The molecule has 1 amide bonds. The molecule has 0 aliphatic heterocycles. The predicted octanol–water partition coefficient (Wildman–Crippen LogP) is 7.54. The number of carbonyl (C=O) groups excluding carboxylic acids is 1. The number of benzene rings is 2. The first-order valence-electron chi connectivity index (χ1n) is 10.2. The van der Waals surface area contributed by atoms with E-state index in [0.717, 1.165) is 34.6 Å². The van der Waals surface area contributed by atoms with Gasteiger partial charge in [0.15, 0.2) is 5.13 Å². The zero-order chi connectivity index (χ0) is 24.5. The van der Waals surface area contributed by atoms with E-state index < -0.39 is 11.7 Å². The Hall–Kier alpha value is -3.36. The second-order valence-corrected chi connectivity index (χ2v) is 8.87. The number of anilines is 1. The van der Waals surface area contributed by atoms with E-state index >= 15 is 0 Å². The van der Waals surface area contributed by atoms with Gasteiger partial charge in [-0.2, -0.15) is 13.2 Å². The fourth-order valence-corrected chi connectivity index (χ4v) is 4.43. The first-order valence-corrected chi connectivity index (χ1v) is 11.4. The second kappa shape index (κ2) is 9.48. The average Bonchev–Trinajstić information content (AvgIpc) is 3.36. The minimum Gasteiger partial charge on any atom is -0.318 e. The highest BCUT2D eigenvalue weighted by molar-refractivity contribution is 7.14. The van der Waals surface area contributed by atoms with E-state index in [1.54, 1.807) is 46.4 Å². The third-order valence-electron chi connectivity index (χ3n) is 5.17. The first-order chi connectivity index (χ1) is 16.1. The molecule has 0 radical (unpaired) electrons. The van der Waals surface area contributed by atoms with Gasteiger partial charge < -0.3 is 4.57 Å². The van der Waals surface area contributed by atoms with E-state index in [1.165, 1.54) is 23.5 Å². The van der Waals surface area contributed by atoms with Gasteiger partial charge in [-0.15, -0.1) is 11.3 Å². The van der Waals surface area contributed by atoms with Crippen molar-refractivity contribution < 1.29 is 18.0 Å². The van der Waals surface area contributed by atoms with Crippen LogP contribution in [0.1, 0.15) is 22.5 Å². The van der Waals surface area contributed by atoms with Gasteiger partial charge in [-0.1, -0.05) is 29.8 Å². The summed E-state index contributed by atoms with van der Waals surface area (Å²) in [5, 5.41) is 5.57. The Bertz CT molecular complexity index is 1370. The molecule has 9 heteroatoms. The number of thiazole rings is 1. The van der Waals surface area contributed by atoms with Crippen molar-refractivity contribution in [2.75, 3.05) is 5.32 Å². The van der Waals surface area contributed by atoms with E-state index in [9.17, 15) is 18.0 Å². The number of nitrogens with one attached hydrogen (secondary N) is 1. The Balaban J connectivity index is 1.54. The highest BCUT2D eigenvalue weighted by atomic mass is 35.5. The van der Waals surface area contributed by atoms with Crippen molar-refractivity contribution in [2.45, 2.75) is 20.0 Å². The van der Waals surface area contributed by atoms with Crippen molar-refractivity contribution in [3.63, 3.8) is 0 Å². The number of rotatable bonds is 5. The molecule has 0 aliphatic rings. The number of hydrogen-bond acceptors (Lipinski definition) is 3. The van der Waals surface area contributed by atoms with E-state index in [0.29, 0.717) is 21.5 Å². The normalized spacial score (nSPS) is 11.8. The Labute approximate surface area is 203 Å². The summed E-state index contributed by atoms with van der Waals surface area (Å²) in [5.74, 6) is -0.328. The van der Waals surface area contributed by atoms with E-state index in [-0.39, 0.29) is 5.91 Å². The molecule has 174 valence electrons. The molecule has 0 saturated carbocycles. The summed E-state index contributed by atoms with van der Waals surface area (Å²) in [4.78, 5) is 16.8. The minimum atomic E-state index is -4.42. The lowest BCUT2D eigenvalue weighted by molar-refractivity contribution is -0.137. The average molecular weight is 502 g/mol. The van der Waals surface area contributed by atoms with E-state index in [2.05, 4.69) is 10.3 Å². The van der Waals surface area contributed by atoms with Gasteiger partial charge in [-0.05, 0) is 61.9 Å². The molecule has 2 heterocycles. The molecular formula is C25H19ClF3N3OS. The fourth-order valence-electron chi connectivity index (χ4n) is 3.59. The zero-order valence-electron chi connectivity index (χ0n) is 18.2. The predicted molar refractivity (Wildman–Crippen MR) is 130 cm³/mol. The maximum Gasteiger partial charge on any atom is 0.416 e. The van der Waals surface area contributed by atoms with Crippen LogP contribution in [0.15, 0.2) is 66.1 Å². The molecule has 2 aromatic carbocycles. The smallest absolute Gasteiger partial charge is 0.318 e. The molecule has 34 heavy (non-hydrogen) atoms. The lowest BCUT2D eigenvalue weighted by Gasteiger charge is -2.13. The molecule has 4 nitrogen and oxygen atoms in total. The van der Waals surface area contributed by atoms with Crippen LogP contribution in [0.2, 0.25) is 5.02 Å². The molecule has 2 aromatic heterocycles. The van der Waals surface area contributed by atoms with Crippen molar-refractivity contribution in [3.05, 3.63) is 93.6 Å². The highest BCUT2D eigenvalue weighted by Crippen LogP contribution is 2.34. The molecule has 0 atom stereocenters. The molecular weight excluding hydrogens is 483 g/mol. The summed E-state index contributed by atoms with van der Waals surface area (Å²) >= 11 is 7.13. The van der Waals surface area contributed by atoms with Gasteiger partial charge in [0, 0.05) is 39.1 Å². The first kappa shape index (κ1) is 23.8. The lowest BCUT2D eigenvalue weighted by atomic mass is 10.2. The van der Waals surface area contributed by atoms with Crippen molar-refractivity contribution >= 4 is 40.1 Å². The van der Waals surface area contributed by atoms with Gasteiger partial charge in [0.1, 0.15) is 0 Å². The Morgan fingerprint density at radius 3 is 2.56 bits per heavy atom. The van der Waals surface area contributed by atoms with Crippen LogP contribution >= 0.6 is 22.9 Å². The van der Waals surface area contributed by atoms with Gasteiger partial charge in [0.2, 0.25) is 5.91 Å². The highest BCUT2D eigenvalue weighted by Gasteiger charge is 2.30. The summed E-state index contributed by atoms with van der Waals surface area (Å²) in [6, 6.07) is 14.2. The van der Waals surface area contributed by atoms with Crippen LogP contribution in [0.4, 0.5) is 18.3 Å². The van der Waals surface area contributed by atoms with Gasteiger partial charge in [0.05, 0.1) is 11.3 Å². The van der Waals surface area contributed by atoms with Gasteiger partial charge in [0.25, 0.3) is 0 Å². The summed E-state index contributed by atoms with van der Waals surface area (Å²) in [7, 11) is 0. The van der Waals surface area contributed by atoms with E-state index in [4.69, 9.17) is 11.6 Å². The number of alkyl halides is 3. The number of hydrogen-bond donors (Lipinski definition) is 1. The van der Waals surface area contributed by atoms with Gasteiger partial charge in [-0.3, -0.25) is 10.1 Å². The number of carbonyl (C=O) groups is 1. The van der Waals surface area contributed by atoms with Crippen molar-refractivity contribution in [2.24, 2.45) is 0 Å². The molecule has 0 saturated heterocycles. The third-order valence-corrected chi connectivity index (χ3v) is 6.18. The van der Waals surface area contributed by atoms with Crippen LogP contribution in [0.5, 0.6) is 0 Å². The minimum absolute atomic E-state index is 0.328. The van der Waals surface area contributed by atoms with Crippen LogP contribution in [0.3, 0.4) is 0 Å². The summed E-state index contributed by atoms with van der Waals surface area (Å²) < 4.78 is 41.3. The SMILES string of the molecule is Cc1cc(-c2csc(NC(=O)/C=C/c3ccc(Cl)cc3)n2)c(C)n1-c1cccc(C(F)(F)F)c1. The fraction of sp³-hybridized carbons (Fsp3) is 0.120. The van der Waals surface area contributed by atoms with Crippen LogP contribution < -0.4 is 5.32 Å². The summed E-state index contributed by atoms with van der Waals surface area (Å²) in [5.41, 5.74) is 3.49. The molecule has 0 unspecified atom stereocenters. The number of nitrogens with zero attached hydrogens (tertiary/aromatic N) is 2. The third kappa shape index (κ3) is 5.24. The molecule has 1 N–H and O–H groups in total. The maximum atomic E-state index is 13.2. The monoisotopic (exact) mass is 501 g/mol. The molecule has 0 bridgehead atoms. The Morgan fingerprint density at radius 1 is 1.12 bits per heavy atom. The summed E-state index contributed by atoms with van der Waals surface area (Å²) in [6.45, 7) is 3.66. The number of amides is 1. The van der Waals surface area contributed by atoms with E-state index in [1.807, 2.05) is 19.9 Å². The number of aryl methyl sites for hydroxylation is 1. The van der Waals surface area contributed by atoms with Crippen LogP contribution in [0, 0.1) is 13.8 Å². The summed E-state index contributed by atoms with van der Waals surface area (Å²) in [6.07, 6.45) is -1.34.